The number of fused-ring (bicyclic) bond motifs is 1. The van der Waals surface area contributed by atoms with Gasteiger partial charge in [0.1, 0.15) is 0 Å². The molecule has 0 unspecified atom stereocenters. The van der Waals surface area contributed by atoms with Crippen molar-refractivity contribution in [1.82, 2.24) is 9.97 Å². The van der Waals surface area contributed by atoms with E-state index in [4.69, 9.17) is 0 Å². The third-order valence-corrected chi connectivity index (χ3v) is 3.12. The standard InChI is InChI=1S/C16H15N3O/c1-2-17-16-18-13-9-8-12(10-14(13)19-16)15(20)11-6-4-3-5-7-11/h3-10H,2H2,1H3,(H2,17,18,19). The van der Waals surface area contributed by atoms with Crippen molar-refractivity contribution < 1.29 is 4.79 Å². The van der Waals surface area contributed by atoms with Crippen LogP contribution in [0.5, 0.6) is 0 Å². The van der Waals surface area contributed by atoms with Gasteiger partial charge in [-0.3, -0.25) is 4.79 Å². The van der Waals surface area contributed by atoms with E-state index in [0.29, 0.717) is 11.1 Å². The number of nitrogens with zero attached hydrogens (tertiary/aromatic N) is 1. The fourth-order valence-corrected chi connectivity index (χ4v) is 2.16. The van der Waals surface area contributed by atoms with Crippen molar-refractivity contribution in [3.8, 4) is 0 Å². The molecular formula is C16H15N3O. The van der Waals surface area contributed by atoms with Gasteiger partial charge in [-0.1, -0.05) is 30.3 Å². The first-order chi connectivity index (χ1) is 9.78. The van der Waals surface area contributed by atoms with E-state index in [1.54, 1.807) is 0 Å². The van der Waals surface area contributed by atoms with Crippen LogP contribution in [0, 0.1) is 0 Å². The van der Waals surface area contributed by atoms with E-state index in [1.165, 1.54) is 0 Å². The Hall–Kier alpha value is -2.62. The maximum absolute atomic E-state index is 12.4. The maximum atomic E-state index is 12.4. The van der Waals surface area contributed by atoms with Crippen molar-refractivity contribution >= 4 is 22.8 Å². The van der Waals surface area contributed by atoms with Crippen LogP contribution in [-0.2, 0) is 0 Å². The second kappa shape index (κ2) is 5.17. The first kappa shape index (κ1) is 12.4. The first-order valence-electron chi connectivity index (χ1n) is 6.61. The van der Waals surface area contributed by atoms with E-state index in [9.17, 15) is 4.79 Å². The minimum atomic E-state index is 0.0205. The second-order valence-electron chi connectivity index (χ2n) is 4.54. The number of ketones is 1. The average Bonchev–Trinajstić information content (AvgIpc) is 2.89. The Bertz CT molecular complexity index is 747. The zero-order valence-electron chi connectivity index (χ0n) is 11.2. The van der Waals surface area contributed by atoms with Crippen LogP contribution in [0.15, 0.2) is 48.5 Å². The van der Waals surface area contributed by atoms with Gasteiger partial charge in [0.05, 0.1) is 11.0 Å². The summed E-state index contributed by atoms with van der Waals surface area (Å²) in [5, 5.41) is 3.13. The molecule has 0 aliphatic carbocycles. The Labute approximate surface area is 116 Å². The van der Waals surface area contributed by atoms with Crippen LogP contribution in [0.25, 0.3) is 11.0 Å². The lowest BCUT2D eigenvalue weighted by Gasteiger charge is -2.00. The number of rotatable bonds is 4. The minimum Gasteiger partial charge on any atom is -0.356 e. The Kier molecular flexibility index (Phi) is 3.21. The summed E-state index contributed by atoms with van der Waals surface area (Å²) in [6.45, 7) is 2.81. The van der Waals surface area contributed by atoms with Crippen LogP contribution in [0.4, 0.5) is 5.95 Å². The molecule has 4 nitrogen and oxygen atoms in total. The van der Waals surface area contributed by atoms with Gasteiger partial charge >= 0.3 is 0 Å². The molecule has 1 heterocycles. The summed E-state index contributed by atoms with van der Waals surface area (Å²) < 4.78 is 0. The molecule has 0 saturated heterocycles. The number of carbonyl (C=O) groups excluding carboxylic acids is 1. The molecule has 3 rings (SSSR count). The number of hydrogen-bond donors (Lipinski definition) is 2. The number of hydrogen-bond acceptors (Lipinski definition) is 3. The van der Waals surface area contributed by atoms with Crippen LogP contribution < -0.4 is 5.32 Å². The van der Waals surface area contributed by atoms with Crippen molar-refractivity contribution in [2.24, 2.45) is 0 Å². The monoisotopic (exact) mass is 265 g/mol. The maximum Gasteiger partial charge on any atom is 0.201 e. The molecule has 2 N–H and O–H groups in total. The van der Waals surface area contributed by atoms with Crippen molar-refractivity contribution in [1.29, 1.82) is 0 Å². The topological polar surface area (TPSA) is 57.8 Å². The lowest BCUT2D eigenvalue weighted by molar-refractivity contribution is 0.103. The molecule has 3 aromatic rings. The molecule has 0 bridgehead atoms. The van der Waals surface area contributed by atoms with E-state index in [1.807, 2.05) is 55.5 Å². The largest absolute Gasteiger partial charge is 0.356 e. The van der Waals surface area contributed by atoms with Crippen LogP contribution in [0.3, 0.4) is 0 Å². The molecule has 0 saturated carbocycles. The van der Waals surface area contributed by atoms with E-state index in [-0.39, 0.29) is 5.78 Å². The highest BCUT2D eigenvalue weighted by molar-refractivity contribution is 6.10. The molecule has 1 aromatic heterocycles. The SMILES string of the molecule is CCNc1nc2ccc(C(=O)c3ccccc3)cc2[nH]1. The molecule has 20 heavy (non-hydrogen) atoms. The Morgan fingerprint density at radius 3 is 2.70 bits per heavy atom. The number of H-pyrrole nitrogens is 1. The van der Waals surface area contributed by atoms with E-state index in [2.05, 4.69) is 15.3 Å². The quantitative estimate of drug-likeness (QED) is 0.712. The molecule has 0 radical (unpaired) electrons. The predicted molar refractivity (Wildman–Crippen MR) is 80.1 cm³/mol. The smallest absolute Gasteiger partial charge is 0.201 e. The molecular weight excluding hydrogens is 250 g/mol. The van der Waals surface area contributed by atoms with E-state index < -0.39 is 0 Å². The molecule has 2 aromatic carbocycles. The van der Waals surface area contributed by atoms with Gasteiger partial charge in [0.2, 0.25) is 5.95 Å². The van der Waals surface area contributed by atoms with Gasteiger partial charge in [0.15, 0.2) is 5.78 Å². The van der Waals surface area contributed by atoms with E-state index >= 15 is 0 Å². The summed E-state index contributed by atoms with van der Waals surface area (Å²) >= 11 is 0. The average molecular weight is 265 g/mol. The van der Waals surface area contributed by atoms with Gasteiger partial charge in [-0.05, 0) is 25.1 Å². The number of benzene rings is 2. The fraction of sp³-hybridized carbons (Fsp3) is 0.125. The Morgan fingerprint density at radius 2 is 1.95 bits per heavy atom. The number of nitrogens with one attached hydrogen (secondary N) is 2. The molecule has 0 aliphatic rings. The third-order valence-electron chi connectivity index (χ3n) is 3.12. The van der Waals surface area contributed by atoms with Gasteiger partial charge < -0.3 is 10.3 Å². The molecule has 0 fully saturated rings. The van der Waals surface area contributed by atoms with Crippen LogP contribution in [0.2, 0.25) is 0 Å². The molecule has 0 aliphatic heterocycles. The summed E-state index contributed by atoms with van der Waals surface area (Å²) in [6, 6.07) is 14.8. The van der Waals surface area contributed by atoms with Crippen molar-refractivity contribution in [3.63, 3.8) is 0 Å². The molecule has 4 heteroatoms. The number of imidazole rings is 1. The second-order valence-corrected chi connectivity index (χ2v) is 4.54. The minimum absolute atomic E-state index is 0.0205. The van der Waals surface area contributed by atoms with Crippen molar-refractivity contribution in [2.45, 2.75) is 6.92 Å². The molecule has 0 atom stereocenters. The lowest BCUT2D eigenvalue weighted by Crippen LogP contribution is -2.00. The van der Waals surface area contributed by atoms with Crippen LogP contribution >= 0.6 is 0 Å². The normalized spacial score (nSPS) is 10.7. The third kappa shape index (κ3) is 2.28. The van der Waals surface area contributed by atoms with Gasteiger partial charge in [-0.25, -0.2) is 4.98 Å². The number of aromatic nitrogens is 2. The summed E-state index contributed by atoms with van der Waals surface area (Å²) in [5.74, 6) is 0.749. The van der Waals surface area contributed by atoms with Crippen LogP contribution in [-0.4, -0.2) is 22.3 Å². The van der Waals surface area contributed by atoms with Gasteiger partial charge in [-0.15, -0.1) is 0 Å². The highest BCUT2D eigenvalue weighted by atomic mass is 16.1. The summed E-state index contributed by atoms with van der Waals surface area (Å²) in [4.78, 5) is 19.9. The summed E-state index contributed by atoms with van der Waals surface area (Å²) in [7, 11) is 0. The van der Waals surface area contributed by atoms with Crippen LogP contribution in [0.1, 0.15) is 22.8 Å². The first-order valence-corrected chi connectivity index (χ1v) is 6.61. The summed E-state index contributed by atoms with van der Waals surface area (Å²) in [5.41, 5.74) is 3.07. The van der Waals surface area contributed by atoms with Gasteiger partial charge in [0, 0.05) is 17.7 Å². The highest BCUT2D eigenvalue weighted by Crippen LogP contribution is 2.18. The predicted octanol–water partition coefficient (Wildman–Crippen LogP) is 3.23. The zero-order chi connectivity index (χ0) is 13.9. The highest BCUT2D eigenvalue weighted by Gasteiger charge is 2.10. The fourth-order valence-electron chi connectivity index (χ4n) is 2.16. The number of aromatic amines is 1. The van der Waals surface area contributed by atoms with Crippen molar-refractivity contribution in [2.75, 3.05) is 11.9 Å². The lowest BCUT2D eigenvalue weighted by atomic mass is 10.0. The molecule has 0 amide bonds. The summed E-state index contributed by atoms with van der Waals surface area (Å²) in [6.07, 6.45) is 0. The van der Waals surface area contributed by atoms with Crippen molar-refractivity contribution in [3.05, 3.63) is 59.7 Å². The Morgan fingerprint density at radius 1 is 1.15 bits per heavy atom. The van der Waals surface area contributed by atoms with E-state index in [0.717, 1.165) is 23.5 Å². The zero-order valence-corrected chi connectivity index (χ0v) is 11.2. The Balaban J connectivity index is 1.98. The van der Waals surface area contributed by atoms with Gasteiger partial charge in [0.25, 0.3) is 0 Å². The molecule has 100 valence electrons. The number of carbonyl (C=O) groups is 1. The number of anilines is 1. The molecule has 0 spiro atoms. The van der Waals surface area contributed by atoms with Gasteiger partial charge in [-0.2, -0.15) is 0 Å².